The minimum Gasteiger partial charge on any atom is -0.398 e. The molecule has 0 atom stereocenters. The quantitative estimate of drug-likeness (QED) is 0.288. The van der Waals surface area contributed by atoms with Crippen molar-refractivity contribution in [1.82, 2.24) is 5.32 Å². The van der Waals surface area contributed by atoms with E-state index in [1.165, 1.54) is 36.4 Å². The molecule has 0 unspecified atom stereocenters. The number of benzene rings is 2. The van der Waals surface area contributed by atoms with Crippen LogP contribution in [0.1, 0.15) is 36.6 Å². The van der Waals surface area contributed by atoms with Gasteiger partial charge in [0.15, 0.2) is 5.78 Å². The van der Waals surface area contributed by atoms with Crippen LogP contribution in [-0.2, 0) is 6.42 Å². The Balaban J connectivity index is 1.91. The van der Waals surface area contributed by atoms with Crippen molar-refractivity contribution in [2.24, 2.45) is 0 Å². The molecule has 0 saturated heterocycles. The summed E-state index contributed by atoms with van der Waals surface area (Å²) in [6.07, 6.45) is -0.0971. The van der Waals surface area contributed by atoms with Crippen LogP contribution in [0.3, 0.4) is 0 Å². The summed E-state index contributed by atoms with van der Waals surface area (Å²) < 4.78 is 0. The number of nitrogens with zero attached hydrogens (tertiary/aromatic N) is 1. The van der Waals surface area contributed by atoms with Gasteiger partial charge in [0.1, 0.15) is 0 Å². The first kappa shape index (κ1) is 15.3. The van der Waals surface area contributed by atoms with E-state index in [0.29, 0.717) is 5.56 Å². The molecule has 0 radical (unpaired) electrons. The fraction of sp³-hybridized carbons (Fsp3) is 0.0625. The maximum atomic E-state index is 12.3. The van der Waals surface area contributed by atoms with Gasteiger partial charge in [0.25, 0.3) is 17.5 Å². The van der Waals surface area contributed by atoms with E-state index in [2.05, 4.69) is 5.32 Å². The molecule has 24 heavy (non-hydrogen) atoms. The fourth-order valence-corrected chi connectivity index (χ4v) is 2.57. The number of nitrogen functional groups attached to an aromatic ring is 1. The van der Waals surface area contributed by atoms with Crippen LogP contribution < -0.4 is 11.1 Å². The maximum Gasteiger partial charge on any atom is 0.270 e. The molecule has 3 rings (SSSR count). The molecule has 8 nitrogen and oxygen atoms in total. The number of carbonyl (C=O) groups excluding carboxylic acids is 3. The third-order valence-corrected chi connectivity index (χ3v) is 3.67. The number of carbonyl (C=O) groups is 3. The van der Waals surface area contributed by atoms with Crippen LogP contribution in [0, 0.1) is 10.1 Å². The number of amides is 2. The first-order valence-electron chi connectivity index (χ1n) is 6.92. The fourth-order valence-electron chi connectivity index (χ4n) is 2.57. The average Bonchev–Trinajstić information content (AvgIpc) is 2.82. The number of ketones is 1. The Bertz CT molecular complexity index is 920. The average molecular weight is 325 g/mol. The Labute approximate surface area is 135 Å². The molecule has 0 bridgehead atoms. The number of hydrogen-bond donors (Lipinski definition) is 2. The van der Waals surface area contributed by atoms with E-state index in [0.717, 1.165) is 0 Å². The van der Waals surface area contributed by atoms with E-state index < -0.39 is 16.7 Å². The monoisotopic (exact) mass is 325 g/mol. The smallest absolute Gasteiger partial charge is 0.270 e. The van der Waals surface area contributed by atoms with Gasteiger partial charge in [-0.15, -0.1) is 0 Å². The highest BCUT2D eigenvalue weighted by Crippen LogP contribution is 2.25. The Morgan fingerprint density at radius 1 is 1.17 bits per heavy atom. The lowest BCUT2D eigenvalue weighted by Gasteiger charge is -2.06. The van der Waals surface area contributed by atoms with Crippen LogP contribution in [-0.4, -0.2) is 22.5 Å². The van der Waals surface area contributed by atoms with Gasteiger partial charge < -0.3 is 5.73 Å². The molecule has 2 amide bonds. The molecule has 0 aliphatic carbocycles. The second kappa shape index (κ2) is 5.58. The van der Waals surface area contributed by atoms with Gasteiger partial charge >= 0.3 is 0 Å². The number of nitro groups is 1. The predicted octanol–water partition coefficient (Wildman–Crippen LogP) is 1.49. The lowest BCUT2D eigenvalue weighted by molar-refractivity contribution is -0.384. The van der Waals surface area contributed by atoms with Crippen molar-refractivity contribution in [3.8, 4) is 0 Å². The summed E-state index contributed by atoms with van der Waals surface area (Å²) in [4.78, 5) is 45.8. The van der Waals surface area contributed by atoms with Crippen LogP contribution >= 0.6 is 0 Å². The van der Waals surface area contributed by atoms with Crippen molar-refractivity contribution in [2.75, 3.05) is 5.73 Å². The molecule has 0 spiro atoms. The Morgan fingerprint density at radius 2 is 1.92 bits per heavy atom. The standard InChI is InChI=1S/C16H11N3O5/c17-12-5-8(4-11-14(12)16(22)18-15(11)21)6-13(20)9-2-1-3-10(7-9)19(23)24/h1-5,7H,6,17H2,(H,18,21,22). The molecule has 2 aromatic carbocycles. The van der Waals surface area contributed by atoms with Crippen LogP contribution in [0.4, 0.5) is 11.4 Å². The first-order chi connectivity index (χ1) is 11.4. The van der Waals surface area contributed by atoms with Crippen molar-refractivity contribution in [1.29, 1.82) is 0 Å². The minimum atomic E-state index is -0.583. The van der Waals surface area contributed by atoms with Crippen LogP contribution in [0.15, 0.2) is 36.4 Å². The normalized spacial score (nSPS) is 12.7. The van der Waals surface area contributed by atoms with Gasteiger partial charge in [-0.1, -0.05) is 12.1 Å². The largest absolute Gasteiger partial charge is 0.398 e. The number of non-ortho nitro benzene ring substituents is 1. The number of nitrogens with two attached hydrogens (primary N) is 1. The lowest BCUT2D eigenvalue weighted by atomic mass is 9.98. The molecule has 3 N–H and O–H groups in total. The van der Waals surface area contributed by atoms with E-state index in [-0.39, 0.29) is 40.3 Å². The van der Waals surface area contributed by atoms with Gasteiger partial charge in [0.2, 0.25) is 0 Å². The van der Waals surface area contributed by atoms with Crippen molar-refractivity contribution >= 4 is 29.0 Å². The van der Waals surface area contributed by atoms with E-state index in [4.69, 9.17) is 5.73 Å². The number of hydrogen-bond acceptors (Lipinski definition) is 6. The van der Waals surface area contributed by atoms with Crippen molar-refractivity contribution in [3.05, 3.63) is 68.8 Å². The highest BCUT2D eigenvalue weighted by molar-refractivity contribution is 6.23. The summed E-state index contributed by atoms with van der Waals surface area (Å²) in [6.45, 7) is 0. The Morgan fingerprint density at radius 3 is 2.62 bits per heavy atom. The van der Waals surface area contributed by atoms with Crippen LogP contribution in [0.5, 0.6) is 0 Å². The highest BCUT2D eigenvalue weighted by atomic mass is 16.6. The third-order valence-electron chi connectivity index (χ3n) is 3.67. The Hall–Kier alpha value is -3.55. The number of nitro benzene ring substituents is 1. The van der Waals surface area contributed by atoms with Gasteiger partial charge in [-0.2, -0.15) is 0 Å². The van der Waals surface area contributed by atoms with Crippen molar-refractivity contribution < 1.29 is 19.3 Å². The minimum absolute atomic E-state index is 0.0971. The summed E-state index contributed by atoms with van der Waals surface area (Å²) in [5.74, 6) is -1.49. The summed E-state index contributed by atoms with van der Waals surface area (Å²) in [7, 11) is 0. The zero-order valence-corrected chi connectivity index (χ0v) is 12.2. The number of Topliss-reactive ketones (excluding diaryl/α,β-unsaturated/α-hetero) is 1. The zero-order chi connectivity index (χ0) is 17.4. The van der Waals surface area contributed by atoms with E-state index >= 15 is 0 Å². The zero-order valence-electron chi connectivity index (χ0n) is 12.2. The topological polar surface area (TPSA) is 132 Å². The second-order valence-electron chi connectivity index (χ2n) is 5.30. The number of imide groups is 1. The molecule has 120 valence electrons. The molecule has 0 saturated carbocycles. The van der Waals surface area contributed by atoms with Gasteiger partial charge in [0, 0.05) is 29.8 Å². The maximum absolute atomic E-state index is 12.3. The Kier molecular flexibility index (Phi) is 3.57. The molecule has 8 heteroatoms. The van der Waals surface area contributed by atoms with Gasteiger partial charge in [-0.25, -0.2) is 0 Å². The van der Waals surface area contributed by atoms with Crippen LogP contribution in [0.25, 0.3) is 0 Å². The summed E-state index contributed by atoms with van der Waals surface area (Å²) >= 11 is 0. The number of rotatable bonds is 4. The van der Waals surface area contributed by atoms with E-state index in [1.807, 2.05) is 0 Å². The summed E-state index contributed by atoms with van der Waals surface area (Å²) in [5.41, 5.74) is 6.58. The van der Waals surface area contributed by atoms with Crippen molar-refractivity contribution in [2.45, 2.75) is 6.42 Å². The molecule has 1 aliphatic heterocycles. The first-order valence-corrected chi connectivity index (χ1v) is 6.92. The molecule has 0 fully saturated rings. The molecule has 2 aromatic rings. The number of anilines is 1. The summed E-state index contributed by atoms with van der Waals surface area (Å²) in [5, 5.41) is 12.9. The van der Waals surface area contributed by atoms with Crippen molar-refractivity contribution in [3.63, 3.8) is 0 Å². The van der Waals surface area contributed by atoms with Crippen LogP contribution in [0.2, 0.25) is 0 Å². The molecular formula is C16H11N3O5. The third kappa shape index (κ3) is 2.60. The van der Waals surface area contributed by atoms with Gasteiger partial charge in [0.05, 0.1) is 16.1 Å². The molecule has 0 aromatic heterocycles. The second-order valence-corrected chi connectivity index (χ2v) is 5.30. The van der Waals surface area contributed by atoms with E-state index in [9.17, 15) is 24.5 Å². The predicted molar refractivity (Wildman–Crippen MR) is 83.8 cm³/mol. The highest BCUT2D eigenvalue weighted by Gasteiger charge is 2.29. The lowest BCUT2D eigenvalue weighted by Crippen LogP contribution is -2.20. The van der Waals surface area contributed by atoms with Gasteiger partial charge in [-0.05, 0) is 17.7 Å². The summed E-state index contributed by atoms with van der Waals surface area (Å²) in [6, 6.07) is 8.26. The molecular weight excluding hydrogens is 314 g/mol. The number of nitrogens with one attached hydrogen (secondary N) is 1. The SMILES string of the molecule is Nc1cc(CC(=O)c2cccc([N+](=O)[O-])c2)cc2c1C(=O)NC2=O. The molecule has 1 aliphatic rings. The van der Waals surface area contributed by atoms with Gasteiger partial charge in [-0.3, -0.25) is 29.8 Å². The van der Waals surface area contributed by atoms with E-state index in [1.54, 1.807) is 0 Å². The number of fused-ring (bicyclic) bond motifs is 1. The molecule has 1 heterocycles.